The molecule has 0 rings (SSSR count). The molecule has 0 amide bonds. The van der Waals surface area contributed by atoms with E-state index in [1.165, 1.54) is 70.6 Å². The van der Waals surface area contributed by atoms with Crippen LogP contribution < -0.4 is 0 Å². The molecule has 0 aromatic rings. The largest absolute Gasteiger partial charge is 0.481 e. The number of unbranched alkanes of at least 4 members (excludes halogenated alkanes) is 9. The van der Waals surface area contributed by atoms with Gasteiger partial charge in [0.15, 0.2) is 0 Å². The van der Waals surface area contributed by atoms with Crippen molar-refractivity contribution in [3.63, 3.8) is 0 Å². The van der Waals surface area contributed by atoms with Gasteiger partial charge in [0, 0.05) is 0 Å². The lowest BCUT2D eigenvalue weighted by atomic mass is 9.81. The van der Waals surface area contributed by atoms with E-state index in [1.54, 1.807) is 0 Å². The quantitative estimate of drug-likeness (QED) is 0.287. The number of carboxylic acid groups (broad SMARTS) is 1. The van der Waals surface area contributed by atoms with Crippen molar-refractivity contribution in [2.75, 3.05) is 0 Å². The van der Waals surface area contributed by atoms with Crippen LogP contribution in [0.1, 0.15) is 117 Å². The Morgan fingerprint density at radius 3 is 1.52 bits per heavy atom. The molecular formula is C21H42O2. The van der Waals surface area contributed by atoms with Crippen LogP contribution >= 0.6 is 0 Å². The minimum Gasteiger partial charge on any atom is -0.481 e. The van der Waals surface area contributed by atoms with Crippen LogP contribution in [0.3, 0.4) is 0 Å². The molecule has 1 atom stereocenters. The Hall–Kier alpha value is -0.530. The average molecular weight is 327 g/mol. The van der Waals surface area contributed by atoms with Crippen molar-refractivity contribution in [1.82, 2.24) is 0 Å². The fourth-order valence-corrected chi connectivity index (χ4v) is 3.54. The van der Waals surface area contributed by atoms with Crippen molar-refractivity contribution in [3.8, 4) is 0 Å². The van der Waals surface area contributed by atoms with Crippen LogP contribution in [0.5, 0.6) is 0 Å². The highest BCUT2D eigenvalue weighted by Gasteiger charge is 2.26. The number of carbonyl (C=O) groups is 1. The highest BCUT2D eigenvalue weighted by Crippen LogP contribution is 2.29. The van der Waals surface area contributed by atoms with Crippen LogP contribution in [0.25, 0.3) is 0 Å². The molecule has 0 aromatic carbocycles. The molecule has 138 valence electrons. The summed E-state index contributed by atoms with van der Waals surface area (Å²) in [6, 6.07) is 0. The lowest BCUT2D eigenvalue weighted by molar-refractivity contribution is -0.144. The van der Waals surface area contributed by atoms with Crippen molar-refractivity contribution in [2.45, 2.75) is 117 Å². The molecule has 1 N–H and O–H groups in total. The summed E-state index contributed by atoms with van der Waals surface area (Å²) in [5, 5.41) is 9.64. The Bertz CT molecular complexity index is 255. The summed E-state index contributed by atoms with van der Waals surface area (Å²) in [7, 11) is 0. The average Bonchev–Trinajstić information content (AvgIpc) is 2.54. The lowest BCUT2D eigenvalue weighted by Crippen LogP contribution is -2.24. The van der Waals surface area contributed by atoms with Crippen molar-refractivity contribution in [2.24, 2.45) is 11.8 Å². The standard InChI is InChI=1S/C21H42O2/c1-4-7-10-11-12-13-14-15-18-20(21(22)23)19(16-8-5-2)17-9-6-3/h19-20H,4-18H2,1-3H3,(H,22,23). The number of rotatable bonds is 17. The SMILES string of the molecule is CCCCCCCCCCC(C(=O)O)C(CCCC)CCCC. The minimum atomic E-state index is -0.551. The number of hydrogen-bond acceptors (Lipinski definition) is 1. The van der Waals surface area contributed by atoms with Crippen LogP contribution in [0.15, 0.2) is 0 Å². The summed E-state index contributed by atoms with van der Waals surface area (Å²) in [5.41, 5.74) is 0. The molecule has 1 unspecified atom stereocenters. The molecule has 0 saturated heterocycles. The van der Waals surface area contributed by atoms with Gasteiger partial charge in [-0.05, 0) is 25.2 Å². The van der Waals surface area contributed by atoms with Gasteiger partial charge >= 0.3 is 5.97 Å². The third-order valence-corrected chi connectivity index (χ3v) is 5.11. The molecule has 0 heterocycles. The second-order valence-corrected chi connectivity index (χ2v) is 7.25. The van der Waals surface area contributed by atoms with E-state index >= 15 is 0 Å². The van der Waals surface area contributed by atoms with Crippen LogP contribution in [0, 0.1) is 11.8 Å². The first kappa shape index (κ1) is 22.5. The van der Waals surface area contributed by atoms with Gasteiger partial charge in [-0.15, -0.1) is 0 Å². The van der Waals surface area contributed by atoms with Gasteiger partial charge in [0.2, 0.25) is 0 Å². The first-order valence-electron chi connectivity index (χ1n) is 10.4. The number of carboxylic acids is 1. The van der Waals surface area contributed by atoms with Crippen molar-refractivity contribution in [1.29, 1.82) is 0 Å². The molecule has 2 heteroatoms. The summed E-state index contributed by atoms with van der Waals surface area (Å²) >= 11 is 0. The maximum atomic E-state index is 11.7. The smallest absolute Gasteiger partial charge is 0.306 e. The monoisotopic (exact) mass is 326 g/mol. The van der Waals surface area contributed by atoms with Crippen molar-refractivity contribution in [3.05, 3.63) is 0 Å². The van der Waals surface area contributed by atoms with Crippen LogP contribution in [0.2, 0.25) is 0 Å². The van der Waals surface area contributed by atoms with E-state index in [9.17, 15) is 9.90 Å². The van der Waals surface area contributed by atoms with Gasteiger partial charge in [-0.1, -0.05) is 97.8 Å². The van der Waals surface area contributed by atoms with Crippen LogP contribution in [-0.2, 0) is 4.79 Å². The zero-order chi connectivity index (χ0) is 17.3. The minimum absolute atomic E-state index is 0.104. The fourth-order valence-electron chi connectivity index (χ4n) is 3.54. The van der Waals surface area contributed by atoms with Crippen molar-refractivity contribution >= 4 is 5.97 Å². The van der Waals surface area contributed by atoms with E-state index in [4.69, 9.17) is 0 Å². The zero-order valence-electron chi connectivity index (χ0n) is 16.1. The summed E-state index contributed by atoms with van der Waals surface area (Å²) < 4.78 is 0. The Morgan fingerprint density at radius 2 is 1.09 bits per heavy atom. The summed E-state index contributed by atoms with van der Waals surface area (Å²) in [4.78, 5) is 11.7. The molecule has 0 radical (unpaired) electrons. The molecule has 2 nitrogen and oxygen atoms in total. The van der Waals surface area contributed by atoms with Crippen LogP contribution in [-0.4, -0.2) is 11.1 Å². The van der Waals surface area contributed by atoms with Gasteiger partial charge in [0.25, 0.3) is 0 Å². The van der Waals surface area contributed by atoms with Crippen LogP contribution in [0.4, 0.5) is 0 Å². The summed E-state index contributed by atoms with van der Waals surface area (Å²) in [6.07, 6.45) is 18.1. The fraction of sp³-hybridized carbons (Fsp3) is 0.952. The molecule has 0 bridgehead atoms. The second kappa shape index (κ2) is 16.3. The second-order valence-electron chi connectivity index (χ2n) is 7.25. The molecular weight excluding hydrogens is 284 g/mol. The molecule has 0 aliphatic heterocycles. The van der Waals surface area contributed by atoms with Gasteiger partial charge in [0.1, 0.15) is 0 Å². The molecule has 0 saturated carbocycles. The number of aliphatic carboxylic acids is 1. The van der Waals surface area contributed by atoms with E-state index in [0.29, 0.717) is 5.92 Å². The third kappa shape index (κ3) is 12.5. The summed E-state index contributed by atoms with van der Waals surface area (Å²) in [5.74, 6) is -0.254. The molecule has 0 aliphatic carbocycles. The van der Waals surface area contributed by atoms with Crippen molar-refractivity contribution < 1.29 is 9.90 Å². The normalized spacial score (nSPS) is 12.7. The van der Waals surface area contributed by atoms with E-state index < -0.39 is 5.97 Å². The molecule has 0 aliphatic rings. The lowest BCUT2D eigenvalue weighted by Gasteiger charge is -2.24. The Morgan fingerprint density at radius 1 is 0.652 bits per heavy atom. The Kier molecular flexibility index (Phi) is 16.0. The maximum absolute atomic E-state index is 11.7. The van der Waals surface area contributed by atoms with Gasteiger partial charge in [0.05, 0.1) is 5.92 Å². The predicted octanol–water partition coefficient (Wildman–Crippen LogP) is 7.21. The van der Waals surface area contributed by atoms with E-state index in [1.807, 2.05) is 0 Å². The first-order chi connectivity index (χ1) is 11.2. The molecule has 0 spiro atoms. The zero-order valence-corrected chi connectivity index (χ0v) is 16.1. The predicted molar refractivity (Wildman–Crippen MR) is 101 cm³/mol. The first-order valence-corrected chi connectivity index (χ1v) is 10.4. The van der Waals surface area contributed by atoms with Gasteiger partial charge < -0.3 is 5.11 Å². The van der Waals surface area contributed by atoms with Gasteiger partial charge in [-0.3, -0.25) is 4.79 Å². The van der Waals surface area contributed by atoms with E-state index in [2.05, 4.69) is 20.8 Å². The molecule has 0 fully saturated rings. The maximum Gasteiger partial charge on any atom is 0.306 e. The highest BCUT2D eigenvalue weighted by atomic mass is 16.4. The molecule has 23 heavy (non-hydrogen) atoms. The Labute approximate surface area is 145 Å². The van der Waals surface area contributed by atoms with E-state index in [-0.39, 0.29) is 5.92 Å². The Balaban J connectivity index is 4.07. The molecule has 0 aromatic heterocycles. The van der Waals surface area contributed by atoms with Gasteiger partial charge in [-0.2, -0.15) is 0 Å². The van der Waals surface area contributed by atoms with E-state index in [0.717, 1.165) is 25.7 Å². The highest BCUT2D eigenvalue weighted by molar-refractivity contribution is 5.70. The topological polar surface area (TPSA) is 37.3 Å². The number of hydrogen-bond donors (Lipinski definition) is 1. The third-order valence-electron chi connectivity index (χ3n) is 5.11. The van der Waals surface area contributed by atoms with Gasteiger partial charge in [-0.25, -0.2) is 0 Å². The summed E-state index contributed by atoms with van der Waals surface area (Å²) in [6.45, 7) is 6.65.